The summed E-state index contributed by atoms with van der Waals surface area (Å²) in [6, 6.07) is 2.37. The van der Waals surface area contributed by atoms with Gasteiger partial charge in [0.2, 0.25) is 5.76 Å². The third-order valence-corrected chi connectivity index (χ3v) is 3.71. The van der Waals surface area contributed by atoms with Crippen LogP contribution >= 0.6 is 0 Å². The van der Waals surface area contributed by atoms with E-state index in [0.717, 1.165) is 0 Å². The molecule has 2 atom stereocenters. The normalized spacial score (nSPS) is 13.6. The number of amides is 2. The van der Waals surface area contributed by atoms with Crippen LogP contribution in [0.5, 0.6) is 0 Å². The van der Waals surface area contributed by atoms with Gasteiger partial charge in [0.1, 0.15) is 5.76 Å². The van der Waals surface area contributed by atoms with Gasteiger partial charge in [0.15, 0.2) is 0 Å². The first-order chi connectivity index (χ1) is 8.90. The summed E-state index contributed by atoms with van der Waals surface area (Å²) in [6.07, 6.45) is 1.57. The number of hydrogen-bond donors (Lipinski definition) is 3. The highest BCUT2D eigenvalue weighted by Crippen LogP contribution is 2.07. The van der Waals surface area contributed by atoms with Crippen LogP contribution in [0.3, 0.4) is 0 Å². The van der Waals surface area contributed by atoms with Crippen LogP contribution in [-0.4, -0.2) is 39.4 Å². The SMILES string of the molecule is CC(CNC(=O)NCc1ccc(C(=O)O)o1)S(C)=O. The Balaban J connectivity index is 2.33. The first kappa shape index (κ1) is 15.2. The zero-order valence-electron chi connectivity index (χ0n) is 10.6. The summed E-state index contributed by atoms with van der Waals surface area (Å²) < 4.78 is 16.0. The van der Waals surface area contributed by atoms with Gasteiger partial charge in [0, 0.05) is 28.9 Å². The van der Waals surface area contributed by atoms with E-state index in [0.29, 0.717) is 12.3 Å². The van der Waals surface area contributed by atoms with Crippen molar-refractivity contribution in [2.45, 2.75) is 18.7 Å². The highest BCUT2D eigenvalue weighted by Gasteiger charge is 2.11. The number of carboxylic acid groups (broad SMARTS) is 1. The zero-order valence-corrected chi connectivity index (χ0v) is 11.5. The minimum atomic E-state index is -1.16. The number of carboxylic acids is 1. The van der Waals surface area contributed by atoms with Crippen molar-refractivity contribution in [2.24, 2.45) is 0 Å². The van der Waals surface area contributed by atoms with Crippen LogP contribution in [0.1, 0.15) is 23.2 Å². The Kier molecular flexibility index (Phi) is 5.56. The van der Waals surface area contributed by atoms with E-state index in [1.165, 1.54) is 12.1 Å². The molecule has 0 aliphatic heterocycles. The molecule has 1 heterocycles. The number of urea groups is 1. The fourth-order valence-electron chi connectivity index (χ4n) is 1.17. The molecule has 0 saturated heterocycles. The predicted octanol–water partition coefficient (Wildman–Crippen LogP) is 0.544. The lowest BCUT2D eigenvalue weighted by molar-refractivity contribution is 0.0660. The molecule has 7 nitrogen and oxygen atoms in total. The minimum absolute atomic E-state index is 0.0860. The standard InChI is InChI=1S/C11H16N2O5S/c1-7(19(2)17)5-12-11(16)13-6-8-3-4-9(18-8)10(14)15/h3-4,7H,5-6H2,1-2H3,(H,14,15)(H2,12,13,16). The monoisotopic (exact) mass is 288 g/mol. The molecule has 0 aromatic carbocycles. The highest BCUT2D eigenvalue weighted by molar-refractivity contribution is 7.84. The lowest BCUT2D eigenvalue weighted by Gasteiger charge is -2.10. The van der Waals surface area contributed by atoms with Gasteiger partial charge in [-0.05, 0) is 19.1 Å². The van der Waals surface area contributed by atoms with Crippen molar-refractivity contribution in [3.8, 4) is 0 Å². The fraction of sp³-hybridized carbons (Fsp3) is 0.455. The average Bonchev–Trinajstić information content (AvgIpc) is 2.82. The van der Waals surface area contributed by atoms with E-state index in [2.05, 4.69) is 10.6 Å². The summed E-state index contributed by atoms with van der Waals surface area (Å²) in [5, 5.41) is 13.6. The van der Waals surface area contributed by atoms with Crippen molar-refractivity contribution in [3.63, 3.8) is 0 Å². The Morgan fingerprint density at radius 2 is 2.11 bits per heavy atom. The largest absolute Gasteiger partial charge is 0.475 e. The van der Waals surface area contributed by atoms with Crippen molar-refractivity contribution in [1.29, 1.82) is 0 Å². The predicted molar refractivity (Wildman–Crippen MR) is 69.4 cm³/mol. The summed E-state index contributed by atoms with van der Waals surface area (Å²) in [6.45, 7) is 2.15. The Hall–Kier alpha value is -1.83. The maximum atomic E-state index is 11.4. The molecule has 3 N–H and O–H groups in total. The summed E-state index contributed by atoms with van der Waals surface area (Å²) in [4.78, 5) is 22.0. The maximum absolute atomic E-state index is 11.4. The van der Waals surface area contributed by atoms with Crippen LogP contribution in [0.25, 0.3) is 0 Å². The van der Waals surface area contributed by atoms with Crippen molar-refractivity contribution in [2.75, 3.05) is 12.8 Å². The van der Waals surface area contributed by atoms with Crippen LogP contribution in [0, 0.1) is 0 Å². The summed E-state index contributed by atoms with van der Waals surface area (Å²) in [5.41, 5.74) is 0. The van der Waals surface area contributed by atoms with Crippen molar-refractivity contribution >= 4 is 22.8 Å². The summed E-state index contributed by atoms with van der Waals surface area (Å²) in [7, 11) is -0.995. The molecule has 1 rings (SSSR count). The van der Waals surface area contributed by atoms with Gasteiger partial charge < -0.3 is 20.2 Å². The molecular formula is C11H16N2O5S. The van der Waals surface area contributed by atoms with E-state index in [-0.39, 0.29) is 17.6 Å². The Labute approximate surface area is 112 Å². The van der Waals surface area contributed by atoms with Crippen molar-refractivity contribution in [3.05, 3.63) is 23.7 Å². The van der Waals surface area contributed by atoms with Crippen molar-refractivity contribution < 1.29 is 23.3 Å². The first-order valence-electron chi connectivity index (χ1n) is 5.56. The number of carbonyl (C=O) groups excluding carboxylic acids is 1. The van der Waals surface area contributed by atoms with Crippen LogP contribution in [0.2, 0.25) is 0 Å². The minimum Gasteiger partial charge on any atom is -0.475 e. The third-order valence-electron chi connectivity index (χ3n) is 2.41. The average molecular weight is 288 g/mol. The Morgan fingerprint density at radius 3 is 2.63 bits per heavy atom. The van der Waals surface area contributed by atoms with Crippen LogP contribution in [0.15, 0.2) is 16.5 Å². The van der Waals surface area contributed by atoms with Crippen LogP contribution in [0.4, 0.5) is 4.79 Å². The molecule has 2 amide bonds. The molecule has 2 unspecified atom stereocenters. The Morgan fingerprint density at radius 1 is 1.42 bits per heavy atom. The van der Waals surface area contributed by atoms with E-state index in [1.54, 1.807) is 13.2 Å². The van der Waals surface area contributed by atoms with Gasteiger partial charge in [-0.2, -0.15) is 0 Å². The van der Waals surface area contributed by atoms with Gasteiger partial charge in [0.05, 0.1) is 6.54 Å². The Bertz CT molecular complexity index is 485. The molecule has 0 saturated carbocycles. The molecule has 0 aliphatic carbocycles. The first-order valence-corrected chi connectivity index (χ1v) is 7.18. The van der Waals surface area contributed by atoms with Gasteiger partial charge >= 0.3 is 12.0 Å². The molecule has 0 aliphatic rings. The molecule has 19 heavy (non-hydrogen) atoms. The molecule has 1 aromatic rings. The molecule has 0 radical (unpaired) electrons. The van der Waals surface area contributed by atoms with Crippen molar-refractivity contribution in [1.82, 2.24) is 10.6 Å². The van der Waals surface area contributed by atoms with Gasteiger partial charge in [-0.25, -0.2) is 9.59 Å². The third kappa shape index (κ3) is 5.12. The van der Waals surface area contributed by atoms with Gasteiger partial charge in [-0.3, -0.25) is 4.21 Å². The molecule has 0 spiro atoms. The number of rotatable bonds is 6. The quantitative estimate of drug-likeness (QED) is 0.708. The summed E-state index contributed by atoms with van der Waals surface area (Å²) in [5.74, 6) is -0.984. The number of nitrogens with one attached hydrogen (secondary N) is 2. The zero-order chi connectivity index (χ0) is 14.4. The lowest BCUT2D eigenvalue weighted by atomic mass is 10.4. The van der Waals surface area contributed by atoms with Gasteiger partial charge in [0.25, 0.3) is 0 Å². The number of furan rings is 1. The molecule has 0 bridgehead atoms. The van der Waals surface area contributed by atoms with E-state index in [9.17, 15) is 13.8 Å². The molecule has 0 fully saturated rings. The van der Waals surface area contributed by atoms with E-state index in [1.807, 2.05) is 0 Å². The molecule has 106 valence electrons. The van der Waals surface area contributed by atoms with Crippen LogP contribution < -0.4 is 10.6 Å². The molecule has 8 heteroatoms. The van der Waals surface area contributed by atoms with Gasteiger partial charge in [-0.1, -0.05) is 0 Å². The maximum Gasteiger partial charge on any atom is 0.371 e. The smallest absolute Gasteiger partial charge is 0.371 e. The number of aromatic carboxylic acids is 1. The second kappa shape index (κ2) is 6.93. The second-order valence-corrected chi connectivity index (χ2v) is 5.75. The molecule has 1 aromatic heterocycles. The molecular weight excluding hydrogens is 272 g/mol. The number of carbonyl (C=O) groups is 2. The highest BCUT2D eigenvalue weighted by atomic mass is 32.2. The number of hydrogen-bond acceptors (Lipinski definition) is 4. The summed E-state index contributed by atoms with van der Waals surface area (Å²) >= 11 is 0. The van der Waals surface area contributed by atoms with E-state index < -0.39 is 22.8 Å². The fourth-order valence-corrected chi connectivity index (χ4v) is 1.49. The topological polar surface area (TPSA) is 109 Å². The second-order valence-electron chi connectivity index (χ2n) is 3.94. The van der Waals surface area contributed by atoms with E-state index in [4.69, 9.17) is 9.52 Å². The van der Waals surface area contributed by atoms with E-state index >= 15 is 0 Å². The van der Waals surface area contributed by atoms with Crippen LogP contribution in [-0.2, 0) is 17.3 Å². The lowest BCUT2D eigenvalue weighted by Crippen LogP contribution is -2.39. The van der Waals surface area contributed by atoms with Gasteiger partial charge in [-0.15, -0.1) is 0 Å².